The van der Waals surface area contributed by atoms with Gasteiger partial charge in [0, 0.05) is 34.2 Å². The van der Waals surface area contributed by atoms with Crippen molar-refractivity contribution in [2.45, 2.75) is 39.5 Å². The monoisotopic (exact) mass is 633 g/mol. The summed E-state index contributed by atoms with van der Waals surface area (Å²) in [6, 6.07) is 37.9. The molecule has 3 heteroatoms. The first kappa shape index (κ1) is 29.4. The zero-order valence-corrected chi connectivity index (χ0v) is 27.8. The van der Waals surface area contributed by atoms with Crippen molar-refractivity contribution in [1.29, 1.82) is 0 Å². The van der Waals surface area contributed by atoms with E-state index in [-0.39, 0.29) is 11.8 Å². The van der Waals surface area contributed by atoms with Gasteiger partial charge in [-0.15, -0.1) is 0 Å². The van der Waals surface area contributed by atoms with E-state index in [4.69, 9.17) is 0 Å². The van der Waals surface area contributed by atoms with Gasteiger partial charge in [0.1, 0.15) is 0 Å². The van der Waals surface area contributed by atoms with E-state index in [1.54, 1.807) is 0 Å². The van der Waals surface area contributed by atoms with Gasteiger partial charge in [-0.05, 0) is 95.9 Å². The number of unbranched alkanes of at least 4 members (excludes halogenated alkanes) is 1. The minimum atomic E-state index is -0.174. The maximum Gasteiger partial charge on any atom is 0.261 e. The van der Waals surface area contributed by atoms with Gasteiger partial charge in [-0.2, -0.15) is 0 Å². The molecule has 49 heavy (non-hydrogen) atoms. The molecule has 0 fully saturated rings. The molecule has 1 atom stereocenters. The highest BCUT2D eigenvalue weighted by molar-refractivity contribution is 6.38. The topological polar surface area (TPSA) is 37.4 Å². The molecule has 0 aliphatic carbocycles. The standard InChI is InChI=1S/C46H35NO2/c1-3-5-11-28(4-2)27-47-45(48)40-24-22-38-36-17-10-16-34-29(20-21-37(42(34)36)39-23-25-41(46(47)49)44(40)43(38)39)18-19-31-26-30-12-6-7-13-32(30)35-15-9-8-14-33(31)35/h6-10,12-17,20-26,28H,3-5,11,27H2,1-2H3. The number of rotatable bonds is 6. The van der Waals surface area contributed by atoms with E-state index >= 15 is 0 Å². The molecule has 0 spiro atoms. The number of fused-ring (bicyclic) bond motifs is 5. The Hall–Kier alpha value is -5.72. The van der Waals surface area contributed by atoms with Crippen LogP contribution in [0.15, 0.2) is 109 Å². The van der Waals surface area contributed by atoms with E-state index in [0.717, 1.165) is 85.3 Å². The minimum absolute atomic E-state index is 0.174. The van der Waals surface area contributed by atoms with E-state index in [9.17, 15) is 9.59 Å². The third-order valence-electron chi connectivity index (χ3n) is 10.8. The normalized spacial score (nSPS) is 13.7. The first-order chi connectivity index (χ1) is 24.1. The number of imide groups is 1. The summed E-state index contributed by atoms with van der Waals surface area (Å²) >= 11 is 0. The number of benzene rings is 8. The van der Waals surface area contributed by atoms with Crippen molar-refractivity contribution in [1.82, 2.24) is 4.90 Å². The summed E-state index contributed by atoms with van der Waals surface area (Å²) < 4.78 is 0. The van der Waals surface area contributed by atoms with E-state index in [2.05, 4.69) is 123 Å². The summed E-state index contributed by atoms with van der Waals surface area (Å²) in [5.41, 5.74) is 3.24. The Morgan fingerprint density at radius 3 is 1.88 bits per heavy atom. The van der Waals surface area contributed by atoms with Crippen molar-refractivity contribution in [3.63, 3.8) is 0 Å². The molecular formula is C46H35NO2. The van der Waals surface area contributed by atoms with Crippen LogP contribution >= 0.6 is 0 Å². The Kier molecular flexibility index (Phi) is 6.88. The molecule has 2 amide bonds. The molecule has 1 aliphatic heterocycles. The molecule has 9 rings (SSSR count). The summed E-state index contributed by atoms with van der Waals surface area (Å²) in [6.07, 6.45) is 4.18. The zero-order chi connectivity index (χ0) is 33.2. The maximum atomic E-state index is 14.0. The summed E-state index contributed by atoms with van der Waals surface area (Å²) in [5.74, 6) is 7.06. The number of carbonyl (C=O) groups is 2. The fourth-order valence-corrected chi connectivity index (χ4v) is 8.28. The average Bonchev–Trinajstić information content (AvgIpc) is 3.15. The zero-order valence-electron chi connectivity index (χ0n) is 27.8. The predicted molar refractivity (Wildman–Crippen MR) is 204 cm³/mol. The van der Waals surface area contributed by atoms with Gasteiger partial charge in [0.25, 0.3) is 11.8 Å². The molecule has 236 valence electrons. The van der Waals surface area contributed by atoms with Gasteiger partial charge < -0.3 is 0 Å². The van der Waals surface area contributed by atoms with Gasteiger partial charge in [0.2, 0.25) is 0 Å². The molecule has 8 aromatic carbocycles. The highest BCUT2D eigenvalue weighted by Gasteiger charge is 2.35. The number of carbonyl (C=O) groups excluding carboxylic acids is 2. The second-order valence-corrected chi connectivity index (χ2v) is 13.5. The summed E-state index contributed by atoms with van der Waals surface area (Å²) in [5, 5.41) is 13.1. The van der Waals surface area contributed by atoms with E-state index < -0.39 is 0 Å². The molecule has 0 saturated heterocycles. The van der Waals surface area contributed by atoms with E-state index in [0.29, 0.717) is 23.6 Å². The molecule has 0 radical (unpaired) electrons. The Labute approximate surface area is 285 Å². The Balaban J connectivity index is 1.21. The second-order valence-electron chi connectivity index (χ2n) is 13.5. The Morgan fingerprint density at radius 2 is 1.14 bits per heavy atom. The Morgan fingerprint density at radius 1 is 0.551 bits per heavy atom. The van der Waals surface area contributed by atoms with Crippen LogP contribution in [0.1, 0.15) is 71.4 Å². The lowest BCUT2D eigenvalue weighted by molar-refractivity contribution is 0.0580. The molecule has 0 aromatic heterocycles. The van der Waals surface area contributed by atoms with Crippen LogP contribution < -0.4 is 0 Å². The smallest absolute Gasteiger partial charge is 0.261 e. The van der Waals surface area contributed by atoms with Crippen molar-refractivity contribution in [3.8, 4) is 11.8 Å². The minimum Gasteiger partial charge on any atom is -0.274 e. The molecule has 0 N–H and O–H groups in total. The number of hydrogen-bond donors (Lipinski definition) is 0. The summed E-state index contributed by atoms with van der Waals surface area (Å²) in [4.78, 5) is 29.5. The van der Waals surface area contributed by atoms with Crippen LogP contribution in [-0.2, 0) is 0 Å². The Bertz CT molecular complexity index is 2660. The van der Waals surface area contributed by atoms with Gasteiger partial charge in [0.15, 0.2) is 0 Å². The quantitative estimate of drug-likeness (QED) is 0.0791. The largest absolute Gasteiger partial charge is 0.274 e. The molecule has 1 aliphatic rings. The molecule has 0 bridgehead atoms. The molecule has 1 heterocycles. The molecule has 3 nitrogen and oxygen atoms in total. The van der Waals surface area contributed by atoms with Crippen LogP contribution in [-0.4, -0.2) is 23.3 Å². The first-order valence-electron chi connectivity index (χ1n) is 17.5. The SMILES string of the molecule is CCCCC(CC)CN1C(=O)c2ccc3c4cccc5c(C#Cc6cc7ccccc7c7ccccc67)ccc(c6ccc(c2c36)C1=O)c54. The van der Waals surface area contributed by atoms with E-state index in [1.807, 2.05) is 12.1 Å². The van der Waals surface area contributed by atoms with Gasteiger partial charge in [0.05, 0.1) is 0 Å². The van der Waals surface area contributed by atoms with Crippen molar-refractivity contribution in [3.05, 3.63) is 131 Å². The molecular weight excluding hydrogens is 599 g/mol. The average molecular weight is 634 g/mol. The van der Waals surface area contributed by atoms with Crippen molar-refractivity contribution >= 4 is 76.4 Å². The fourth-order valence-electron chi connectivity index (χ4n) is 8.28. The molecule has 8 aromatic rings. The van der Waals surface area contributed by atoms with E-state index in [1.165, 1.54) is 21.1 Å². The lowest BCUT2D eigenvalue weighted by Gasteiger charge is -2.31. The maximum absolute atomic E-state index is 14.0. The second kappa shape index (κ2) is 11.5. The molecule has 0 saturated carbocycles. The third kappa shape index (κ3) is 4.44. The fraction of sp³-hybridized carbons (Fsp3) is 0.174. The van der Waals surface area contributed by atoms with Gasteiger partial charge in [-0.1, -0.05) is 130 Å². The van der Waals surface area contributed by atoms with Crippen LogP contribution in [0.3, 0.4) is 0 Å². The molecule has 1 unspecified atom stereocenters. The first-order valence-corrected chi connectivity index (χ1v) is 17.5. The van der Waals surface area contributed by atoms with Gasteiger partial charge in [-0.25, -0.2) is 0 Å². The highest BCUT2D eigenvalue weighted by Crippen LogP contribution is 2.44. The predicted octanol–water partition coefficient (Wildman–Crippen LogP) is 11.3. The highest BCUT2D eigenvalue weighted by atomic mass is 16.2. The van der Waals surface area contributed by atoms with Crippen molar-refractivity contribution in [2.75, 3.05) is 6.54 Å². The third-order valence-corrected chi connectivity index (χ3v) is 10.8. The summed E-state index contributed by atoms with van der Waals surface area (Å²) in [6.45, 7) is 4.80. The van der Waals surface area contributed by atoms with Crippen LogP contribution in [0.5, 0.6) is 0 Å². The van der Waals surface area contributed by atoms with Gasteiger partial charge >= 0.3 is 0 Å². The van der Waals surface area contributed by atoms with Gasteiger partial charge in [-0.3, -0.25) is 14.5 Å². The lowest BCUT2D eigenvalue weighted by Crippen LogP contribution is -2.43. The van der Waals surface area contributed by atoms with Crippen LogP contribution in [0.2, 0.25) is 0 Å². The van der Waals surface area contributed by atoms with Crippen LogP contribution in [0, 0.1) is 17.8 Å². The van der Waals surface area contributed by atoms with Crippen molar-refractivity contribution in [2.24, 2.45) is 5.92 Å². The number of hydrogen-bond acceptors (Lipinski definition) is 2. The number of amides is 2. The lowest BCUT2D eigenvalue weighted by atomic mass is 9.84. The van der Waals surface area contributed by atoms with Crippen LogP contribution in [0.25, 0.3) is 64.6 Å². The van der Waals surface area contributed by atoms with Crippen molar-refractivity contribution < 1.29 is 9.59 Å². The van der Waals surface area contributed by atoms with Crippen LogP contribution in [0.4, 0.5) is 0 Å². The number of nitrogens with zero attached hydrogens (tertiary/aromatic N) is 1. The summed E-state index contributed by atoms with van der Waals surface area (Å²) in [7, 11) is 0.